The van der Waals surface area contributed by atoms with Crippen LogP contribution in [0.15, 0.2) is 24.3 Å². The molecule has 0 saturated heterocycles. The number of hydrogen-bond acceptors (Lipinski definition) is 1. The molecule has 1 nitrogen and oxygen atoms in total. The van der Waals surface area contributed by atoms with Crippen LogP contribution in [0.1, 0.15) is 159 Å². The van der Waals surface area contributed by atoms with Gasteiger partial charge in [0.1, 0.15) is 0 Å². The van der Waals surface area contributed by atoms with Crippen molar-refractivity contribution in [3.63, 3.8) is 0 Å². The molecule has 0 amide bonds. The monoisotopic (exact) mass is 529 g/mol. The largest absolute Gasteiger partial charge is 0.247 e. The van der Waals surface area contributed by atoms with E-state index in [0.717, 1.165) is 6.42 Å². The molecule has 0 aliphatic heterocycles. The molecule has 0 spiro atoms. The highest BCUT2D eigenvalue weighted by molar-refractivity contribution is 5.98. The molecular formula is C38H59N. The summed E-state index contributed by atoms with van der Waals surface area (Å²) in [5, 5.41) is 2.84. The van der Waals surface area contributed by atoms with E-state index in [1.165, 1.54) is 149 Å². The third-order valence-electron chi connectivity index (χ3n) is 8.80. The lowest BCUT2D eigenvalue weighted by Gasteiger charge is -2.24. The lowest BCUT2D eigenvalue weighted by molar-refractivity contribution is 0.669. The van der Waals surface area contributed by atoms with Crippen LogP contribution in [0.25, 0.3) is 21.8 Å². The summed E-state index contributed by atoms with van der Waals surface area (Å²) in [6.07, 6.45) is 25.5. The van der Waals surface area contributed by atoms with Crippen LogP contribution in [0.5, 0.6) is 0 Å². The van der Waals surface area contributed by atoms with Gasteiger partial charge in [-0.05, 0) is 98.1 Å². The van der Waals surface area contributed by atoms with Gasteiger partial charge in [0, 0.05) is 10.8 Å². The Morgan fingerprint density at radius 3 is 1.46 bits per heavy atom. The van der Waals surface area contributed by atoms with E-state index in [1.54, 1.807) is 22.3 Å². The molecule has 0 aliphatic rings. The summed E-state index contributed by atoms with van der Waals surface area (Å²) in [6, 6.07) is 9.50. The summed E-state index contributed by atoms with van der Waals surface area (Å²) in [6.45, 7) is 11.7. The first-order chi connectivity index (χ1) is 19.2. The van der Waals surface area contributed by atoms with Crippen molar-refractivity contribution in [2.45, 2.75) is 163 Å². The Labute approximate surface area is 241 Å². The SMILES string of the molecule is CCCCCc1c(CCCCC)c(CCCCC)c2nc3c(CCCCC)cccc3cc2c1CCCCC. The molecule has 39 heavy (non-hydrogen) atoms. The van der Waals surface area contributed by atoms with E-state index in [2.05, 4.69) is 58.9 Å². The summed E-state index contributed by atoms with van der Waals surface area (Å²) >= 11 is 0. The molecule has 3 aromatic rings. The molecule has 3 rings (SSSR count). The van der Waals surface area contributed by atoms with Crippen LogP contribution in [0.4, 0.5) is 0 Å². The minimum atomic E-state index is 1.15. The number of pyridine rings is 1. The summed E-state index contributed by atoms with van der Waals surface area (Å²) in [5.41, 5.74) is 10.8. The van der Waals surface area contributed by atoms with Crippen molar-refractivity contribution in [1.29, 1.82) is 0 Å². The van der Waals surface area contributed by atoms with Gasteiger partial charge in [0.05, 0.1) is 11.0 Å². The molecule has 216 valence electrons. The van der Waals surface area contributed by atoms with Gasteiger partial charge >= 0.3 is 0 Å². The molecule has 0 radical (unpaired) electrons. The number of aryl methyl sites for hydroxylation is 3. The number of hydrogen-bond donors (Lipinski definition) is 0. The fraction of sp³-hybridized carbons (Fsp3) is 0.658. The molecule has 1 aromatic heterocycles. The lowest BCUT2D eigenvalue weighted by atomic mass is 9.82. The lowest BCUT2D eigenvalue weighted by Crippen LogP contribution is -2.10. The van der Waals surface area contributed by atoms with Gasteiger partial charge in [-0.1, -0.05) is 117 Å². The second-order valence-electron chi connectivity index (χ2n) is 12.1. The highest BCUT2D eigenvalue weighted by Crippen LogP contribution is 2.37. The fourth-order valence-corrected chi connectivity index (χ4v) is 6.52. The van der Waals surface area contributed by atoms with Crippen molar-refractivity contribution in [3.05, 3.63) is 52.1 Å². The van der Waals surface area contributed by atoms with E-state index in [1.807, 2.05) is 0 Å². The Morgan fingerprint density at radius 1 is 0.462 bits per heavy atom. The summed E-state index contributed by atoms with van der Waals surface area (Å²) in [7, 11) is 0. The van der Waals surface area contributed by atoms with Gasteiger partial charge in [0.2, 0.25) is 0 Å². The highest BCUT2D eigenvalue weighted by atomic mass is 14.7. The van der Waals surface area contributed by atoms with E-state index in [-0.39, 0.29) is 0 Å². The maximum Gasteiger partial charge on any atom is 0.0747 e. The third kappa shape index (κ3) is 8.80. The van der Waals surface area contributed by atoms with E-state index >= 15 is 0 Å². The predicted molar refractivity (Wildman–Crippen MR) is 175 cm³/mol. The Hall–Kier alpha value is -1.89. The molecule has 0 aliphatic carbocycles. The fourth-order valence-electron chi connectivity index (χ4n) is 6.52. The molecular weight excluding hydrogens is 470 g/mol. The van der Waals surface area contributed by atoms with Crippen LogP contribution in [-0.2, 0) is 32.1 Å². The second-order valence-corrected chi connectivity index (χ2v) is 12.1. The van der Waals surface area contributed by atoms with Gasteiger partial charge in [-0.3, -0.25) is 0 Å². The van der Waals surface area contributed by atoms with Crippen molar-refractivity contribution in [2.24, 2.45) is 0 Å². The van der Waals surface area contributed by atoms with Crippen LogP contribution in [0.2, 0.25) is 0 Å². The molecule has 0 bridgehead atoms. The van der Waals surface area contributed by atoms with Crippen molar-refractivity contribution < 1.29 is 0 Å². The molecule has 0 unspecified atom stereocenters. The van der Waals surface area contributed by atoms with Crippen LogP contribution in [0.3, 0.4) is 0 Å². The topological polar surface area (TPSA) is 12.9 Å². The molecule has 0 fully saturated rings. The van der Waals surface area contributed by atoms with Gasteiger partial charge in [-0.15, -0.1) is 0 Å². The Balaban J connectivity index is 2.30. The molecule has 0 saturated carbocycles. The highest BCUT2D eigenvalue weighted by Gasteiger charge is 2.21. The first kappa shape index (κ1) is 31.6. The zero-order valence-electron chi connectivity index (χ0n) is 26.4. The molecule has 1 heteroatoms. The third-order valence-corrected chi connectivity index (χ3v) is 8.80. The second kappa shape index (κ2) is 17.7. The number of unbranched alkanes of at least 4 members (excludes halogenated alkanes) is 10. The Kier molecular flexibility index (Phi) is 14.4. The minimum absolute atomic E-state index is 1.15. The van der Waals surface area contributed by atoms with Crippen molar-refractivity contribution in [3.8, 4) is 0 Å². The maximum absolute atomic E-state index is 5.65. The molecule has 1 heterocycles. The van der Waals surface area contributed by atoms with Gasteiger partial charge in [0.25, 0.3) is 0 Å². The van der Waals surface area contributed by atoms with Gasteiger partial charge in [0.15, 0.2) is 0 Å². The number of para-hydroxylation sites is 1. The maximum atomic E-state index is 5.65. The van der Waals surface area contributed by atoms with Crippen LogP contribution in [0, 0.1) is 0 Å². The molecule has 0 N–H and O–H groups in total. The number of rotatable bonds is 20. The number of nitrogens with zero attached hydrogens (tertiary/aromatic N) is 1. The molecule has 2 aromatic carbocycles. The van der Waals surface area contributed by atoms with E-state index in [0.29, 0.717) is 0 Å². The number of benzene rings is 2. The average molecular weight is 530 g/mol. The minimum Gasteiger partial charge on any atom is -0.247 e. The summed E-state index contributed by atoms with van der Waals surface area (Å²) in [4.78, 5) is 5.65. The van der Waals surface area contributed by atoms with Crippen LogP contribution >= 0.6 is 0 Å². The van der Waals surface area contributed by atoms with Crippen molar-refractivity contribution in [2.75, 3.05) is 0 Å². The predicted octanol–water partition coefficient (Wildman–Crippen LogP) is 12.1. The Bertz CT molecular complexity index is 1120. The number of fused-ring (bicyclic) bond motifs is 2. The summed E-state index contributed by atoms with van der Waals surface area (Å²) in [5.74, 6) is 0. The van der Waals surface area contributed by atoms with Crippen LogP contribution < -0.4 is 0 Å². The first-order valence-electron chi connectivity index (χ1n) is 17.1. The van der Waals surface area contributed by atoms with Gasteiger partial charge in [-0.25, -0.2) is 4.98 Å². The van der Waals surface area contributed by atoms with Gasteiger partial charge in [-0.2, -0.15) is 0 Å². The molecule has 0 atom stereocenters. The van der Waals surface area contributed by atoms with E-state index < -0.39 is 0 Å². The standard InChI is InChI=1S/C38H59N/c1-6-11-16-22-30-23-21-24-31-29-36-34(27-19-14-9-4)32(25-17-12-7-2)33(26-18-13-8-3)35(28-20-15-10-5)38(36)39-37(30)31/h21,23-24,29H,6-20,22,25-28H2,1-5H3. The van der Waals surface area contributed by atoms with Crippen LogP contribution in [-0.4, -0.2) is 4.98 Å². The van der Waals surface area contributed by atoms with Gasteiger partial charge < -0.3 is 0 Å². The normalized spacial score (nSPS) is 11.7. The first-order valence-corrected chi connectivity index (χ1v) is 17.1. The smallest absolute Gasteiger partial charge is 0.0747 e. The summed E-state index contributed by atoms with van der Waals surface area (Å²) < 4.78 is 0. The zero-order valence-corrected chi connectivity index (χ0v) is 26.4. The van der Waals surface area contributed by atoms with Crippen molar-refractivity contribution >= 4 is 21.8 Å². The average Bonchev–Trinajstić information content (AvgIpc) is 2.95. The van der Waals surface area contributed by atoms with Crippen molar-refractivity contribution in [1.82, 2.24) is 4.98 Å². The number of aromatic nitrogens is 1. The quantitative estimate of drug-likeness (QED) is 0.105. The zero-order chi connectivity index (χ0) is 27.9. The van der Waals surface area contributed by atoms with E-state index in [4.69, 9.17) is 4.98 Å². The van der Waals surface area contributed by atoms with E-state index in [9.17, 15) is 0 Å². The Morgan fingerprint density at radius 2 is 0.923 bits per heavy atom.